The molecule has 7 nitrogen and oxygen atoms in total. The number of rotatable bonds is 7. The Hall–Kier alpha value is -3.03. The fourth-order valence-corrected chi connectivity index (χ4v) is 3.92. The summed E-state index contributed by atoms with van der Waals surface area (Å²) in [4.78, 5) is 29.4. The summed E-state index contributed by atoms with van der Waals surface area (Å²) in [6, 6.07) is 7.42. The molecule has 0 saturated carbocycles. The van der Waals surface area contributed by atoms with Crippen molar-refractivity contribution in [1.82, 2.24) is 20.0 Å². The number of nitrogens with zero attached hydrogens (tertiary/aromatic N) is 3. The molecule has 1 amide bonds. The Morgan fingerprint density at radius 2 is 1.88 bits per heavy atom. The average Bonchev–Trinajstić information content (AvgIpc) is 3.68. The van der Waals surface area contributed by atoms with Gasteiger partial charge in [0.2, 0.25) is 0 Å². The number of piperazine rings is 1. The van der Waals surface area contributed by atoms with Crippen molar-refractivity contribution in [3.8, 4) is 0 Å². The van der Waals surface area contributed by atoms with Crippen molar-refractivity contribution >= 4 is 16.7 Å². The van der Waals surface area contributed by atoms with Crippen LogP contribution < -0.4 is 5.56 Å². The van der Waals surface area contributed by atoms with Crippen molar-refractivity contribution in [3.05, 3.63) is 76.3 Å². The fraction of sp³-hybridized carbons (Fsp3) is 0.423. The van der Waals surface area contributed by atoms with Crippen LogP contribution in [0.3, 0.4) is 0 Å². The van der Waals surface area contributed by atoms with Crippen LogP contribution in [0.2, 0.25) is 0 Å². The molecule has 0 aliphatic carbocycles. The van der Waals surface area contributed by atoms with Crippen LogP contribution in [0.25, 0.3) is 10.8 Å². The Bertz CT molecular complexity index is 1090. The third kappa shape index (κ3) is 6.27. The monoisotopic (exact) mass is 450 g/mol. The summed E-state index contributed by atoms with van der Waals surface area (Å²) in [5.41, 5.74) is 2.08. The molecule has 2 aliphatic heterocycles. The van der Waals surface area contributed by atoms with Gasteiger partial charge in [-0.25, -0.2) is 5.10 Å². The molecule has 0 bridgehead atoms. The molecule has 3 heterocycles. The van der Waals surface area contributed by atoms with E-state index in [0.29, 0.717) is 36.6 Å². The van der Waals surface area contributed by atoms with Crippen LogP contribution in [0.4, 0.5) is 0 Å². The maximum atomic E-state index is 13.1. The van der Waals surface area contributed by atoms with E-state index >= 15 is 0 Å². The summed E-state index contributed by atoms with van der Waals surface area (Å²) in [6.45, 7) is 14.7. The van der Waals surface area contributed by atoms with E-state index in [1.54, 1.807) is 12.1 Å². The Kier molecular flexibility index (Phi) is 8.74. The van der Waals surface area contributed by atoms with Crippen molar-refractivity contribution in [2.24, 2.45) is 0 Å². The van der Waals surface area contributed by atoms with Gasteiger partial charge < -0.3 is 9.64 Å². The minimum Gasteiger partial charge on any atom is -0.372 e. The lowest BCUT2D eigenvalue weighted by atomic mass is 10.0. The molecule has 0 spiro atoms. The lowest BCUT2D eigenvalue weighted by molar-refractivity contribution is -0.128. The zero-order valence-electron chi connectivity index (χ0n) is 19.8. The van der Waals surface area contributed by atoms with Crippen LogP contribution >= 0.6 is 0 Å². The van der Waals surface area contributed by atoms with E-state index < -0.39 is 0 Å². The standard InChI is InChI=1S/C24H28N4O3.C2H6/c1-3-17(14-22-20-7-5-6-8-21(20)23(29)26-25-22)13-18(4-2)24(30)28-11-9-27(10-12-28)15-19-16-31-19;1-2/h3-8,13,19H,2,9-12,14-16H2,1H3,(H,26,29);1-2H3/b17-3+,18-13+;. The molecular formula is C26H34N4O3. The summed E-state index contributed by atoms with van der Waals surface area (Å²) >= 11 is 0. The number of allylic oxidation sites excluding steroid dienone is 3. The number of hydrogen-bond acceptors (Lipinski definition) is 5. The third-order valence-electron chi connectivity index (χ3n) is 5.85. The molecule has 7 heteroatoms. The van der Waals surface area contributed by atoms with Gasteiger partial charge in [-0.1, -0.05) is 50.8 Å². The number of carbonyl (C=O) groups excluding carboxylic acids is 1. The first-order valence-corrected chi connectivity index (χ1v) is 11.7. The zero-order valence-corrected chi connectivity index (χ0v) is 19.8. The van der Waals surface area contributed by atoms with E-state index in [-0.39, 0.29) is 11.5 Å². The summed E-state index contributed by atoms with van der Waals surface area (Å²) < 4.78 is 5.30. The summed E-state index contributed by atoms with van der Waals surface area (Å²) in [7, 11) is 0. The molecule has 2 saturated heterocycles. The summed E-state index contributed by atoms with van der Waals surface area (Å²) in [5, 5.41) is 8.26. The van der Waals surface area contributed by atoms with Crippen molar-refractivity contribution < 1.29 is 9.53 Å². The molecule has 1 aromatic heterocycles. The number of carbonyl (C=O) groups is 1. The second-order valence-corrected chi connectivity index (χ2v) is 7.94. The van der Waals surface area contributed by atoms with Gasteiger partial charge >= 0.3 is 0 Å². The van der Waals surface area contributed by atoms with Crippen molar-refractivity contribution in [2.45, 2.75) is 33.3 Å². The number of aromatic amines is 1. The molecule has 2 fully saturated rings. The quantitative estimate of drug-likeness (QED) is 0.398. The van der Waals surface area contributed by atoms with Gasteiger partial charge in [-0.2, -0.15) is 5.10 Å². The number of amides is 1. The number of nitrogens with one attached hydrogen (secondary N) is 1. The maximum absolute atomic E-state index is 13.1. The number of benzene rings is 1. The zero-order chi connectivity index (χ0) is 23.8. The first-order valence-electron chi connectivity index (χ1n) is 11.7. The Labute approximate surface area is 195 Å². The molecule has 1 aromatic carbocycles. The van der Waals surface area contributed by atoms with Crippen LogP contribution in [-0.2, 0) is 16.0 Å². The van der Waals surface area contributed by atoms with E-state index in [9.17, 15) is 9.59 Å². The fourth-order valence-electron chi connectivity index (χ4n) is 3.92. The molecule has 1 N–H and O–H groups in total. The Balaban J connectivity index is 0.00000149. The van der Waals surface area contributed by atoms with Gasteiger partial charge in [0.05, 0.1) is 23.8 Å². The molecular weight excluding hydrogens is 416 g/mol. The number of hydrogen-bond donors (Lipinski definition) is 1. The Morgan fingerprint density at radius 3 is 2.48 bits per heavy atom. The summed E-state index contributed by atoms with van der Waals surface area (Å²) in [6.07, 6.45) is 6.34. The van der Waals surface area contributed by atoms with E-state index in [1.807, 2.05) is 56.0 Å². The van der Waals surface area contributed by atoms with Crippen molar-refractivity contribution in [3.63, 3.8) is 0 Å². The smallest absolute Gasteiger partial charge is 0.272 e. The number of epoxide rings is 1. The molecule has 0 radical (unpaired) electrons. The highest BCUT2D eigenvalue weighted by molar-refractivity contribution is 5.96. The van der Waals surface area contributed by atoms with Crippen molar-refractivity contribution in [1.29, 1.82) is 0 Å². The highest BCUT2D eigenvalue weighted by Gasteiger charge is 2.29. The van der Waals surface area contributed by atoms with E-state index in [4.69, 9.17) is 4.74 Å². The highest BCUT2D eigenvalue weighted by Crippen LogP contribution is 2.19. The number of aromatic nitrogens is 2. The molecule has 1 atom stereocenters. The van der Waals surface area contributed by atoms with Crippen LogP contribution in [0.1, 0.15) is 26.5 Å². The third-order valence-corrected chi connectivity index (χ3v) is 5.85. The van der Waals surface area contributed by atoms with Crippen LogP contribution in [-0.4, -0.2) is 71.3 Å². The van der Waals surface area contributed by atoms with Gasteiger partial charge in [-0.15, -0.1) is 0 Å². The van der Waals surface area contributed by atoms with Gasteiger partial charge in [0.1, 0.15) is 0 Å². The number of fused-ring (bicyclic) bond motifs is 1. The molecule has 2 aromatic rings. The van der Waals surface area contributed by atoms with E-state index in [0.717, 1.165) is 42.9 Å². The van der Waals surface area contributed by atoms with Gasteiger partial charge in [0.15, 0.2) is 0 Å². The SMILES string of the molecule is C=C/C(=C\C(=C/C)Cc1n[nH]c(=O)c2ccccc12)C(=O)N1CCN(CC2CO2)CC1.CC. The highest BCUT2D eigenvalue weighted by atomic mass is 16.6. The van der Waals surface area contributed by atoms with Crippen LogP contribution in [0, 0.1) is 0 Å². The van der Waals surface area contributed by atoms with Crippen molar-refractivity contribution in [2.75, 3.05) is 39.3 Å². The largest absolute Gasteiger partial charge is 0.372 e. The van der Waals surface area contributed by atoms with E-state index in [2.05, 4.69) is 21.7 Å². The summed E-state index contributed by atoms with van der Waals surface area (Å²) in [5.74, 6) is -0.00374. The maximum Gasteiger partial charge on any atom is 0.272 e. The minimum atomic E-state index is -0.203. The average molecular weight is 451 g/mol. The predicted molar refractivity (Wildman–Crippen MR) is 132 cm³/mol. The first-order chi connectivity index (χ1) is 16.1. The van der Waals surface area contributed by atoms with Gasteiger partial charge in [-0.3, -0.25) is 14.5 Å². The Morgan fingerprint density at radius 1 is 1.21 bits per heavy atom. The predicted octanol–water partition coefficient (Wildman–Crippen LogP) is 3.09. The molecule has 2 aliphatic rings. The minimum absolute atomic E-state index is 0.00374. The molecule has 4 rings (SSSR count). The van der Waals surface area contributed by atoms with E-state index in [1.165, 1.54) is 0 Å². The molecule has 1 unspecified atom stereocenters. The first kappa shape index (κ1) is 24.6. The molecule has 176 valence electrons. The molecule has 33 heavy (non-hydrogen) atoms. The normalized spacial score (nSPS) is 19.1. The lowest BCUT2D eigenvalue weighted by Crippen LogP contribution is -2.49. The second-order valence-electron chi connectivity index (χ2n) is 7.94. The van der Waals surface area contributed by atoms with Gasteiger partial charge in [-0.05, 0) is 24.6 Å². The number of H-pyrrole nitrogens is 1. The van der Waals surface area contributed by atoms with Crippen LogP contribution in [0.15, 0.2) is 65.0 Å². The second kappa shape index (κ2) is 11.7. The topological polar surface area (TPSA) is 81.8 Å². The van der Waals surface area contributed by atoms with Gasteiger partial charge in [0.25, 0.3) is 11.5 Å². The van der Waals surface area contributed by atoms with Crippen LogP contribution in [0.5, 0.6) is 0 Å². The lowest BCUT2D eigenvalue weighted by Gasteiger charge is -2.34. The van der Waals surface area contributed by atoms with Gasteiger partial charge in [0, 0.05) is 50.1 Å². The number of ether oxygens (including phenoxy) is 1.